The van der Waals surface area contributed by atoms with Crippen molar-refractivity contribution < 1.29 is 5.11 Å². The van der Waals surface area contributed by atoms with Gasteiger partial charge in [-0.2, -0.15) is 0 Å². The minimum absolute atomic E-state index is 0.262. The second kappa shape index (κ2) is 6.00. The van der Waals surface area contributed by atoms with Crippen molar-refractivity contribution in [2.24, 2.45) is 0 Å². The SMILES string of the molecule is OC1(Cc2cc(Br)cs2)CCCCC1c1ccccc1. The van der Waals surface area contributed by atoms with Crippen molar-refractivity contribution in [3.05, 3.63) is 56.7 Å². The molecule has 1 heterocycles. The molecule has 1 aromatic carbocycles. The number of thiophene rings is 1. The third kappa shape index (κ3) is 3.00. The van der Waals surface area contributed by atoms with Gasteiger partial charge < -0.3 is 5.11 Å². The lowest BCUT2D eigenvalue weighted by atomic mass is 9.70. The Morgan fingerprint density at radius 2 is 2.05 bits per heavy atom. The summed E-state index contributed by atoms with van der Waals surface area (Å²) in [6.07, 6.45) is 5.11. The number of benzene rings is 1. The Kier molecular flexibility index (Phi) is 4.29. The van der Waals surface area contributed by atoms with E-state index < -0.39 is 5.60 Å². The Bertz CT molecular complexity index is 565. The quantitative estimate of drug-likeness (QED) is 0.812. The van der Waals surface area contributed by atoms with Crippen LogP contribution in [0.5, 0.6) is 0 Å². The highest BCUT2D eigenvalue weighted by Crippen LogP contribution is 2.43. The zero-order chi connectivity index (χ0) is 14.0. The van der Waals surface area contributed by atoms with E-state index in [4.69, 9.17) is 0 Å². The molecular formula is C17H19BrOS. The van der Waals surface area contributed by atoms with E-state index in [1.165, 1.54) is 16.9 Å². The summed E-state index contributed by atoms with van der Waals surface area (Å²) in [5, 5.41) is 13.3. The van der Waals surface area contributed by atoms with Gasteiger partial charge in [0.15, 0.2) is 0 Å². The first kappa shape index (κ1) is 14.3. The molecule has 0 radical (unpaired) electrons. The van der Waals surface area contributed by atoms with E-state index in [0.29, 0.717) is 0 Å². The zero-order valence-electron chi connectivity index (χ0n) is 11.4. The average Bonchev–Trinajstić information content (AvgIpc) is 2.85. The van der Waals surface area contributed by atoms with Gasteiger partial charge in [-0.3, -0.25) is 0 Å². The number of hydrogen-bond donors (Lipinski definition) is 1. The molecule has 2 unspecified atom stereocenters. The third-order valence-electron chi connectivity index (χ3n) is 4.31. The Balaban J connectivity index is 1.87. The number of rotatable bonds is 3. The molecule has 1 N–H and O–H groups in total. The maximum atomic E-state index is 11.2. The molecule has 1 nitrogen and oxygen atoms in total. The topological polar surface area (TPSA) is 20.2 Å². The monoisotopic (exact) mass is 350 g/mol. The first-order chi connectivity index (χ1) is 9.67. The Morgan fingerprint density at radius 3 is 2.75 bits per heavy atom. The van der Waals surface area contributed by atoms with Crippen LogP contribution in [0.1, 0.15) is 42.0 Å². The summed E-state index contributed by atoms with van der Waals surface area (Å²) in [7, 11) is 0. The summed E-state index contributed by atoms with van der Waals surface area (Å²) >= 11 is 5.24. The highest BCUT2D eigenvalue weighted by atomic mass is 79.9. The number of hydrogen-bond acceptors (Lipinski definition) is 2. The van der Waals surface area contributed by atoms with Crippen molar-refractivity contribution in [3.8, 4) is 0 Å². The largest absolute Gasteiger partial charge is 0.389 e. The Labute approximate surface area is 132 Å². The van der Waals surface area contributed by atoms with Crippen molar-refractivity contribution in [2.75, 3.05) is 0 Å². The minimum atomic E-state index is -0.593. The standard InChI is InChI=1S/C17H19BrOS/c18-14-10-15(20-12-14)11-17(19)9-5-4-8-16(17)13-6-2-1-3-7-13/h1-3,6-7,10,12,16,19H,4-5,8-9,11H2. The summed E-state index contributed by atoms with van der Waals surface area (Å²) in [6.45, 7) is 0. The van der Waals surface area contributed by atoms with Gasteiger partial charge in [-0.15, -0.1) is 11.3 Å². The highest BCUT2D eigenvalue weighted by molar-refractivity contribution is 9.10. The van der Waals surface area contributed by atoms with Crippen LogP contribution in [0, 0.1) is 0 Å². The molecule has 0 amide bonds. The molecule has 1 saturated carbocycles. The van der Waals surface area contributed by atoms with Crippen molar-refractivity contribution in [1.82, 2.24) is 0 Å². The van der Waals surface area contributed by atoms with Gasteiger partial charge in [0.05, 0.1) is 5.60 Å². The van der Waals surface area contributed by atoms with Crippen LogP contribution in [-0.4, -0.2) is 10.7 Å². The molecule has 2 atom stereocenters. The van der Waals surface area contributed by atoms with Crippen LogP contribution in [0.3, 0.4) is 0 Å². The molecule has 3 rings (SSSR count). The molecule has 20 heavy (non-hydrogen) atoms. The van der Waals surface area contributed by atoms with Gasteiger partial charge in [-0.05, 0) is 40.4 Å². The summed E-state index contributed by atoms with van der Waals surface area (Å²) < 4.78 is 1.12. The van der Waals surface area contributed by atoms with Gasteiger partial charge in [-0.1, -0.05) is 43.2 Å². The van der Waals surface area contributed by atoms with E-state index in [9.17, 15) is 5.11 Å². The van der Waals surface area contributed by atoms with Crippen LogP contribution in [0.25, 0.3) is 0 Å². The predicted octanol–water partition coefficient (Wildman–Crippen LogP) is 5.14. The third-order valence-corrected chi connectivity index (χ3v) is 6.00. The molecular weight excluding hydrogens is 332 g/mol. The zero-order valence-corrected chi connectivity index (χ0v) is 13.8. The van der Waals surface area contributed by atoms with Crippen LogP contribution in [0.2, 0.25) is 0 Å². The van der Waals surface area contributed by atoms with Crippen LogP contribution in [0.4, 0.5) is 0 Å². The summed E-state index contributed by atoms with van der Waals surface area (Å²) in [5.41, 5.74) is 0.689. The molecule has 0 saturated heterocycles. The lowest BCUT2D eigenvalue weighted by molar-refractivity contribution is -0.0160. The minimum Gasteiger partial charge on any atom is -0.389 e. The van der Waals surface area contributed by atoms with Gasteiger partial charge in [0, 0.05) is 27.1 Å². The lowest BCUT2D eigenvalue weighted by Gasteiger charge is -2.40. The van der Waals surface area contributed by atoms with Crippen molar-refractivity contribution in [1.29, 1.82) is 0 Å². The fraction of sp³-hybridized carbons (Fsp3) is 0.412. The smallest absolute Gasteiger partial charge is 0.0764 e. The van der Waals surface area contributed by atoms with Crippen molar-refractivity contribution in [2.45, 2.75) is 43.6 Å². The Morgan fingerprint density at radius 1 is 1.25 bits per heavy atom. The normalized spacial score (nSPS) is 26.6. The summed E-state index contributed by atoms with van der Waals surface area (Å²) in [4.78, 5) is 1.27. The van der Waals surface area contributed by atoms with Gasteiger partial charge in [-0.25, -0.2) is 0 Å². The fourth-order valence-corrected chi connectivity index (χ4v) is 4.91. The van der Waals surface area contributed by atoms with E-state index in [1.54, 1.807) is 11.3 Å². The van der Waals surface area contributed by atoms with E-state index in [0.717, 1.165) is 30.2 Å². The Hall–Kier alpha value is -0.640. The maximum Gasteiger partial charge on any atom is 0.0764 e. The van der Waals surface area contributed by atoms with E-state index in [-0.39, 0.29) is 5.92 Å². The van der Waals surface area contributed by atoms with Crippen molar-refractivity contribution >= 4 is 27.3 Å². The number of halogens is 1. The average molecular weight is 351 g/mol. The second-order valence-corrected chi connectivity index (χ2v) is 7.63. The molecule has 0 bridgehead atoms. The van der Waals surface area contributed by atoms with E-state index in [1.807, 2.05) is 6.07 Å². The molecule has 0 spiro atoms. The molecule has 1 aromatic heterocycles. The van der Waals surface area contributed by atoms with Gasteiger partial charge in [0.2, 0.25) is 0 Å². The molecule has 0 aliphatic heterocycles. The second-order valence-electron chi connectivity index (χ2n) is 5.72. The molecule has 3 heteroatoms. The first-order valence-corrected chi connectivity index (χ1v) is 8.85. The van der Waals surface area contributed by atoms with E-state index in [2.05, 4.69) is 51.6 Å². The lowest BCUT2D eigenvalue weighted by Crippen LogP contribution is -2.41. The molecule has 1 aliphatic rings. The van der Waals surface area contributed by atoms with Crippen molar-refractivity contribution in [3.63, 3.8) is 0 Å². The fourth-order valence-electron chi connectivity index (χ4n) is 3.34. The van der Waals surface area contributed by atoms with Crippen LogP contribution in [0.15, 0.2) is 46.3 Å². The van der Waals surface area contributed by atoms with Gasteiger partial charge in [0.25, 0.3) is 0 Å². The summed E-state index contributed by atoms with van der Waals surface area (Å²) in [5.74, 6) is 0.262. The van der Waals surface area contributed by atoms with Crippen LogP contribution < -0.4 is 0 Å². The maximum absolute atomic E-state index is 11.2. The van der Waals surface area contributed by atoms with E-state index >= 15 is 0 Å². The molecule has 1 fully saturated rings. The number of aliphatic hydroxyl groups is 1. The molecule has 1 aliphatic carbocycles. The highest BCUT2D eigenvalue weighted by Gasteiger charge is 2.39. The summed E-state index contributed by atoms with van der Waals surface area (Å²) in [6, 6.07) is 12.6. The van der Waals surface area contributed by atoms with Crippen LogP contribution in [-0.2, 0) is 6.42 Å². The van der Waals surface area contributed by atoms with Gasteiger partial charge >= 0.3 is 0 Å². The predicted molar refractivity (Wildman–Crippen MR) is 88.3 cm³/mol. The molecule has 106 valence electrons. The van der Waals surface area contributed by atoms with Gasteiger partial charge in [0.1, 0.15) is 0 Å². The molecule has 2 aromatic rings. The first-order valence-electron chi connectivity index (χ1n) is 7.18. The van der Waals surface area contributed by atoms with Crippen LogP contribution >= 0.6 is 27.3 Å².